The molecule has 0 bridgehead atoms. The van der Waals surface area contributed by atoms with Crippen LogP contribution in [0.4, 0.5) is 0 Å². The smallest absolute Gasteiger partial charge is 0.0549 e. The Morgan fingerprint density at radius 1 is 0.889 bits per heavy atom. The van der Waals surface area contributed by atoms with Crippen molar-refractivity contribution in [2.24, 2.45) is 0 Å². The van der Waals surface area contributed by atoms with Gasteiger partial charge < -0.3 is 9.47 Å². The van der Waals surface area contributed by atoms with Gasteiger partial charge in [-0.2, -0.15) is 0 Å². The number of rotatable bonds is 13. The van der Waals surface area contributed by atoms with Gasteiger partial charge in [-0.25, -0.2) is 0 Å². The summed E-state index contributed by atoms with van der Waals surface area (Å²) in [7, 11) is 0. The summed E-state index contributed by atoms with van der Waals surface area (Å²) in [5, 5.41) is 0. The summed E-state index contributed by atoms with van der Waals surface area (Å²) in [6.07, 6.45) is 11.3. The van der Waals surface area contributed by atoms with E-state index in [0.29, 0.717) is 12.2 Å². The molecule has 0 spiro atoms. The minimum Gasteiger partial charge on any atom is -0.379 e. The SMILES string of the molecule is CCCCOC(C)C[CH]CCCCOC(C)CC. The van der Waals surface area contributed by atoms with Crippen LogP contribution in [-0.4, -0.2) is 25.4 Å². The first-order valence-corrected chi connectivity index (χ1v) is 7.75. The van der Waals surface area contributed by atoms with Gasteiger partial charge >= 0.3 is 0 Å². The molecule has 0 saturated heterocycles. The van der Waals surface area contributed by atoms with Crippen molar-refractivity contribution < 1.29 is 9.47 Å². The van der Waals surface area contributed by atoms with Crippen molar-refractivity contribution in [1.82, 2.24) is 0 Å². The van der Waals surface area contributed by atoms with Gasteiger partial charge in [0.25, 0.3) is 0 Å². The molecule has 2 atom stereocenters. The number of hydrogen-bond donors (Lipinski definition) is 0. The normalized spacial score (nSPS) is 14.7. The topological polar surface area (TPSA) is 18.5 Å². The Morgan fingerprint density at radius 2 is 1.56 bits per heavy atom. The van der Waals surface area contributed by atoms with Crippen molar-refractivity contribution in [3.05, 3.63) is 6.42 Å². The van der Waals surface area contributed by atoms with Crippen LogP contribution in [0.15, 0.2) is 0 Å². The Kier molecular flexibility index (Phi) is 13.3. The van der Waals surface area contributed by atoms with Crippen LogP contribution >= 0.6 is 0 Å². The first-order valence-electron chi connectivity index (χ1n) is 7.75. The van der Waals surface area contributed by atoms with Crippen molar-refractivity contribution in [2.45, 2.75) is 84.8 Å². The molecule has 0 heterocycles. The molecule has 0 aromatic rings. The Bertz CT molecular complexity index is 159. The maximum Gasteiger partial charge on any atom is 0.0549 e. The summed E-state index contributed by atoms with van der Waals surface area (Å²) in [5.41, 5.74) is 0. The van der Waals surface area contributed by atoms with E-state index in [-0.39, 0.29) is 0 Å². The van der Waals surface area contributed by atoms with Crippen LogP contribution in [0.2, 0.25) is 0 Å². The minimum atomic E-state index is 0.382. The second-order valence-electron chi connectivity index (χ2n) is 5.14. The molecule has 0 aromatic heterocycles. The van der Waals surface area contributed by atoms with E-state index < -0.39 is 0 Å². The fraction of sp³-hybridized carbons (Fsp3) is 0.938. The number of hydrogen-bond acceptors (Lipinski definition) is 2. The van der Waals surface area contributed by atoms with Crippen molar-refractivity contribution >= 4 is 0 Å². The van der Waals surface area contributed by atoms with Gasteiger partial charge in [-0.15, -0.1) is 0 Å². The Hall–Kier alpha value is -0.0800. The highest BCUT2D eigenvalue weighted by Gasteiger charge is 2.02. The van der Waals surface area contributed by atoms with Crippen LogP contribution in [0.3, 0.4) is 0 Å². The quantitative estimate of drug-likeness (QED) is 0.442. The third-order valence-electron chi connectivity index (χ3n) is 3.18. The predicted molar refractivity (Wildman–Crippen MR) is 78.8 cm³/mol. The highest BCUT2D eigenvalue weighted by atomic mass is 16.5. The molecule has 0 aliphatic carbocycles. The zero-order valence-corrected chi connectivity index (χ0v) is 12.9. The van der Waals surface area contributed by atoms with Gasteiger partial charge in [0.15, 0.2) is 0 Å². The lowest BCUT2D eigenvalue weighted by molar-refractivity contribution is 0.0594. The Balaban J connectivity index is 3.14. The fourth-order valence-electron chi connectivity index (χ4n) is 1.64. The van der Waals surface area contributed by atoms with Crippen LogP contribution in [0.1, 0.15) is 72.6 Å². The number of ether oxygens (including phenoxy) is 2. The monoisotopic (exact) mass is 257 g/mol. The molecule has 2 nitrogen and oxygen atoms in total. The molecular weight excluding hydrogens is 224 g/mol. The standard InChI is InChI=1S/C16H33O2/c1-5-7-13-18-16(4)12-10-8-9-11-14-17-15(3)6-2/h10,15-16H,5-9,11-14H2,1-4H3. The maximum atomic E-state index is 5.70. The van der Waals surface area contributed by atoms with E-state index >= 15 is 0 Å². The lowest BCUT2D eigenvalue weighted by atomic mass is 10.1. The van der Waals surface area contributed by atoms with Crippen molar-refractivity contribution in [3.8, 4) is 0 Å². The summed E-state index contributed by atoms with van der Waals surface area (Å²) in [4.78, 5) is 0. The molecule has 1 radical (unpaired) electrons. The molecule has 0 amide bonds. The first kappa shape index (κ1) is 17.9. The molecule has 0 rings (SSSR count). The van der Waals surface area contributed by atoms with Crippen LogP contribution < -0.4 is 0 Å². The molecule has 0 saturated carbocycles. The van der Waals surface area contributed by atoms with E-state index in [2.05, 4.69) is 34.1 Å². The molecule has 2 heteroatoms. The fourth-order valence-corrected chi connectivity index (χ4v) is 1.64. The van der Waals surface area contributed by atoms with Crippen LogP contribution in [0.5, 0.6) is 0 Å². The van der Waals surface area contributed by atoms with Crippen molar-refractivity contribution in [2.75, 3.05) is 13.2 Å². The second kappa shape index (κ2) is 13.4. The van der Waals surface area contributed by atoms with Gasteiger partial charge in [0.1, 0.15) is 0 Å². The lowest BCUT2D eigenvalue weighted by Gasteiger charge is -2.12. The van der Waals surface area contributed by atoms with Gasteiger partial charge in [0, 0.05) is 13.2 Å². The van der Waals surface area contributed by atoms with E-state index in [9.17, 15) is 0 Å². The van der Waals surface area contributed by atoms with Gasteiger partial charge in [-0.3, -0.25) is 0 Å². The van der Waals surface area contributed by atoms with E-state index in [4.69, 9.17) is 9.47 Å². The summed E-state index contributed by atoms with van der Waals surface area (Å²) in [6, 6.07) is 0. The zero-order chi connectivity index (χ0) is 13.6. The third kappa shape index (κ3) is 12.4. The Morgan fingerprint density at radius 3 is 2.22 bits per heavy atom. The third-order valence-corrected chi connectivity index (χ3v) is 3.18. The molecular formula is C16H33O2. The van der Waals surface area contributed by atoms with Gasteiger partial charge in [0.2, 0.25) is 0 Å². The van der Waals surface area contributed by atoms with E-state index in [1.165, 1.54) is 32.1 Å². The summed E-state index contributed by atoms with van der Waals surface area (Å²) in [6.45, 7) is 10.5. The lowest BCUT2D eigenvalue weighted by Crippen LogP contribution is -2.09. The van der Waals surface area contributed by atoms with Crippen LogP contribution in [0.25, 0.3) is 0 Å². The zero-order valence-electron chi connectivity index (χ0n) is 12.9. The first-order chi connectivity index (χ1) is 8.70. The number of unbranched alkanes of at least 4 members (excludes halogenated alkanes) is 4. The molecule has 0 aliphatic rings. The molecule has 0 aromatic carbocycles. The predicted octanol–water partition coefficient (Wildman–Crippen LogP) is 4.77. The minimum absolute atomic E-state index is 0.382. The molecule has 18 heavy (non-hydrogen) atoms. The summed E-state index contributed by atoms with van der Waals surface area (Å²) < 4.78 is 11.3. The summed E-state index contributed by atoms with van der Waals surface area (Å²) in [5.74, 6) is 0. The second-order valence-corrected chi connectivity index (χ2v) is 5.14. The van der Waals surface area contributed by atoms with E-state index in [1.54, 1.807) is 0 Å². The largest absolute Gasteiger partial charge is 0.379 e. The summed E-state index contributed by atoms with van der Waals surface area (Å²) >= 11 is 0. The average Bonchev–Trinajstić information content (AvgIpc) is 2.37. The highest BCUT2D eigenvalue weighted by molar-refractivity contribution is 4.68. The molecule has 2 unspecified atom stereocenters. The van der Waals surface area contributed by atoms with Crippen molar-refractivity contribution in [1.29, 1.82) is 0 Å². The molecule has 109 valence electrons. The van der Waals surface area contributed by atoms with Gasteiger partial charge in [-0.1, -0.05) is 33.1 Å². The Labute approximate surface area is 114 Å². The maximum absolute atomic E-state index is 5.70. The van der Waals surface area contributed by atoms with Crippen LogP contribution in [-0.2, 0) is 9.47 Å². The molecule has 0 aliphatic heterocycles. The molecule has 0 fully saturated rings. The highest BCUT2D eigenvalue weighted by Crippen LogP contribution is 2.08. The van der Waals surface area contributed by atoms with E-state index in [0.717, 1.165) is 26.1 Å². The van der Waals surface area contributed by atoms with Gasteiger partial charge in [0.05, 0.1) is 12.2 Å². The van der Waals surface area contributed by atoms with Gasteiger partial charge in [-0.05, 0) is 46.0 Å². The average molecular weight is 257 g/mol. The van der Waals surface area contributed by atoms with Crippen LogP contribution in [0, 0.1) is 6.42 Å². The molecule has 0 N–H and O–H groups in total. The van der Waals surface area contributed by atoms with Crippen molar-refractivity contribution in [3.63, 3.8) is 0 Å². The van der Waals surface area contributed by atoms with E-state index in [1.807, 2.05) is 0 Å².